The molecule has 2 aliphatic rings. The summed E-state index contributed by atoms with van der Waals surface area (Å²) in [6.07, 6.45) is 7.69. The first-order chi connectivity index (χ1) is 12.7. The van der Waals surface area contributed by atoms with E-state index in [0.717, 1.165) is 19.3 Å². The lowest BCUT2D eigenvalue weighted by Crippen LogP contribution is -2.51. The predicted molar refractivity (Wildman–Crippen MR) is 124 cm³/mol. The van der Waals surface area contributed by atoms with Crippen molar-refractivity contribution in [1.82, 2.24) is 19.8 Å². The van der Waals surface area contributed by atoms with Crippen LogP contribution in [0.1, 0.15) is 45.4 Å². The summed E-state index contributed by atoms with van der Waals surface area (Å²) >= 11 is 0. The number of rotatable bonds is 6. The molecule has 1 amide bonds. The van der Waals surface area contributed by atoms with Crippen molar-refractivity contribution in [2.75, 3.05) is 40.0 Å². The molecule has 0 spiro atoms. The summed E-state index contributed by atoms with van der Waals surface area (Å²) in [4.78, 5) is 17.9. The van der Waals surface area contributed by atoms with E-state index in [2.05, 4.69) is 22.5 Å². The van der Waals surface area contributed by atoms with Gasteiger partial charge < -0.3 is 15.5 Å². The van der Waals surface area contributed by atoms with Crippen LogP contribution in [0, 0.1) is 5.92 Å². The van der Waals surface area contributed by atoms with E-state index in [4.69, 9.17) is 0 Å². The van der Waals surface area contributed by atoms with E-state index in [9.17, 15) is 13.2 Å². The second kappa shape index (κ2) is 11.5. The number of carbonyl (C=O) groups is 1. The van der Waals surface area contributed by atoms with Gasteiger partial charge in [-0.3, -0.25) is 4.79 Å². The van der Waals surface area contributed by atoms with Crippen LogP contribution in [0.15, 0.2) is 4.99 Å². The number of amides is 1. The number of guanidine groups is 1. The zero-order chi connectivity index (χ0) is 20.0. The summed E-state index contributed by atoms with van der Waals surface area (Å²) in [6.45, 7) is 3.38. The van der Waals surface area contributed by atoms with Crippen LogP contribution in [0.25, 0.3) is 0 Å². The quantitative estimate of drug-likeness (QED) is 0.307. The number of halogens is 1. The van der Waals surface area contributed by atoms with E-state index in [1.165, 1.54) is 30.4 Å². The van der Waals surface area contributed by atoms with E-state index in [1.54, 1.807) is 18.4 Å². The lowest BCUT2D eigenvalue weighted by atomic mass is 9.86. The average Bonchev–Trinajstić information content (AvgIpc) is 3.07. The zero-order valence-electron chi connectivity index (χ0n) is 17.5. The van der Waals surface area contributed by atoms with Gasteiger partial charge in [0.25, 0.3) is 0 Å². The number of nitrogens with zero attached hydrogens (tertiary/aromatic N) is 3. The molecule has 164 valence electrons. The second-order valence-corrected chi connectivity index (χ2v) is 9.95. The lowest BCUT2D eigenvalue weighted by Gasteiger charge is -2.31. The Morgan fingerprint density at radius 1 is 1.18 bits per heavy atom. The van der Waals surface area contributed by atoms with Gasteiger partial charge in [-0.1, -0.05) is 19.8 Å². The highest BCUT2D eigenvalue weighted by Crippen LogP contribution is 2.24. The third-order valence-electron chi connectivity index (χ3n) is 5.56. The largest absolute Gasteiger partial charge is 0.355 e. The van der Waals surface area contributed by atoms with Crippen LogP contribution in [-0.2, 0) is 14.8 Å². The minimum Gasteiger partial charge on any atom is -0.355 e. The third-order valence-corrected chi connectivity index (χ3v) is 6.89. The molecule has 28 heavy (non-hydrogen) atoms. The molecule has 2 fully saturated rings. The molecule has 0 aromatic carbocycles. The maximum atomic E-state index is 11.9. The average molecular weight is 529 g/mol. The van der Waals surface area contributed by atoms with Gasteiger partial charge in [-0.25, -0.2) is 13.4 Å². The van der Waals surface area contributed by atoms with Crippen molar-refractivity contribution < 1.29 is 13.2 Å². The van der Waals surface area contributed by atoms with Crippen molar-refractivity contribution in [2.24, 2.45) is 10.9 Å². The number of sulfonamides is 1. The van der Waals surface area contributed by atoms with Crippen molar-refractivity contribution in [2.45, 2.75) is 57.5 Å². The summed E-state index contributed by atoms with van der Waals surface area (Å²) < 4.78 is 25.4. The van der Waals surface area contributed by atoms with Crippen LogP contribution in [0.4, 0.5) is 0 Å². The molecule has 0 aromatic rings. The zero-order valence-corrected chi connectivity index (χ0v) is 20.6. The first-order valence-electron chi connectivity index (χ1n) is 9.90. The fourth-order valence-electron chi connectivity index (χ4n) is 3.81. The minimum absolute atomic E-state index is 0. The van der Waals surface area contributed by atoms with Crippen LogP contribution in [0.2, 0.25) is 0 Å². The van der Waals surface area contributed by atoms with E-state index in [0.29, 0.717) is 31.0 Å². The molecule has 2 unspecified atom stereocenters. The van der Waals surface area contributed by atoms with Crippen LogP contribution >= 0.6 is 24.0 Å². The van der Waals surface area contributed by atoms with Crippen molar-refractivity contribution in [1.29, 1.82) is 0 Å². The fourth-order valence-corrected chi connectivity index (χ4v) is 4.99. The summed E-state index contributed by atoms with van der Waals surface area (Å²) in [6, 6.07) is 0.259. The number of nitrogens with one attached hydrogen (secondary N) is 2. The lowest BCUT2D eigenvalue weighted by molar-refractivity contribution is -0.127. The number of carbonyl (C=O) groups excluding carboxylic acids is 1. The summed E-state index contributed by atoms with van der Waals surface area (Å²) in [7, 11) is 0.225. The summed E-state index contributed by atoms with van der Waals surface area (Å²) in [5.41, 5.74) is 0. The molecule has 2 N–H and O–H groups in total. The highest BCUT2D eigenvalue weighted by Gasteiger charge is 2.31. The van der Waals surface area contributed by atoms with Gasteiger partial charge in [-0.2, -0.15) is 4.31 Å². The molecule has 10 heteroatoms. The van der Waals surface area contributed by atoms with Gasteiger partial charge >= 0.3 is 0 Å². The van der Waals surface area contributed by atoms with Crippen molar-refractivity contribution in [3.63, 3.8) is 0 Å². The van der Waals surface area contributed by atoms with Crippen LogP contribution in [0.3, 0.4) is 0 Å². The number of likely N-dealkylation sites (N-methyl/N-ethyl adjacent to an activating group) is 1. The third kappa shape index (κ3) is 7.66. The molecule has 2 rings (SSSR count). The number of hydrogen-bond acceptors (Lipinski definition) is 4. The Morgan fingerprint density at radius 3 is 2.46 bits per heavy atom. The van der Waals surface area contributed by atoms with E-state index >= 15 is 0 Å². The Labute approximate surface area is 187 Å². The Hall–Kier alpha value is -0.620. The van der Waals surface area contributed by atoms with Crippen LogP contribution in [-0.4, -0.2) is 81.6 Å². The smallest absolute Gasteiger partial charge is 0.243 e. The van der Waals surface area contributed by atoms with Gasteiger partial charge in [0.15, 0.2) is 5.96 Å². The fraction of sp³-hybridized carbons (Fsp3) is 0.889. The maximum absolute atomic E-state index is 11.9. The first-order valence-corrected chi connectivity index (χ1v) is 11.7. The molecular formula is C18H36IN5O3S. The summed E-state index contributed by atoms with van der Waals surface area (Å²) in [5, 5.41) is 6.77. The first kappa shape index (κ1) is 25.4. The van der Waals surface area contributed by atoms with Crippen molar-refractivity contribution >= 4 is 45.9 Å². The molecular weight excluding hydrogens is 493 g/mol. The standard InChI is InChI=1S/C18H35N5O3S.HI/c1-14-8-5-6-10-16(14)21-18(20-13-17(24)22(2)3)19-12-15-9-7-11-23(15)27(4,25)26;/h14-16H,5-13H2,1-4H3,(H2,19,20,21);1H/t14?,15-,16?;/m1./s1. The number of aliphatic imine (C=N–C) groups is 1. The molecule has 1 saturated carbocycles. The SMILES string of the molecule is CC1CCCCC1NC(=NCC(=O)N(C)C)NC[C@H]1CCCN1S(C)(=O)=O.I. The van der Waals surface area contributed by atoms with Crippen LogP contribution in [0.5, 0.6) is 0 Å². The van der Waals surface area contributed by atoms with Crippen molar-refractivity contribution in [3.8, 4) is 0 Å². The molecule has 1 aliphatic heterocycles. The molecule has 0 bridgehead atoms. The molecule has 8 nitrogen and oxygen atoms in total. The van der Waals surface area contributed by atoms with E-state index in [1.807, 2.05) is 0 Å². The molecule has 0 radical (unpaired) electrons. The van der Waals surface area contributed by atoms with Gasteiger partial charge in [-0.05, 0) is 31.6 Å². The Kier molecular flexibility index (Phi) is 10.5. The highest BCUT2D eigenvalue weighted by molar-refractivity contribution is 14.0. The van der Waals surface area contributed by atoms with Gasteiger partial charge in [0.2, 0.25) is 15.9 Å². The molecule has 3 atom stereocenters. The van der Waals surface area contributed by atoms with Gasteiger partial charge in [-0.15, -0.1) is 24.0 Å². The van der Waals surface area contributed by atoms with Gasteiger partial charge in [0.05, 0.1) is 6.26 Å². The normalized spacial score (nSPS) is 26.4. The second-order valence-electron chi connectivity index (χ2n) is 8.02. The van der Waals surface area contributed by atoms with Gasteiger partial charge in [0, 0.05) is 39.3 Å². The topological polar surface area (TPSA) is 94.1 Å². The minimum atomic E-state index is -3.20. The highest BCUT2D eigenvalue weighted by atomic mass is 127. The Bertz CT molecular complexity index is 641. The number of hydrogen-bond donors (Lipinski definition) is 2. The van der Waals surface area contributed by atoms with E-state index < -0.39 is 10.0 Å². The van der Waals surface area contributed by atoms with Gasteiger partial charge in [0.1, 0.15) is 6.54 Å². The van der Waals surface area contributed by atoms with Crippen LogP contribution < -0.4 is 10.6 Å². The van der Waals surface area contributed by atoms with E-state index in [-0.39, 0.29) is 42.5 Å². The molecule has 1 heterocycles. The maximum Gasteiger partial charge on any atom is 0.243 e. The van der Waals surface area contributed by atoms with Crippen molar-refractivity contribution in [3.05, 3.63) is 0 Å². The molecule has 0 aromatic heterocycles. The molecule has 1 saturated heterocycles. The summed E-state index contributed by atoms with van der Waals surface area (Å²) in [5.74, 6) is 1.09. The monoisotopic (exact) mass is 529 g/mol. The Morgan fingerprint density at radius 2 is 1.86 bits per heavy atom. The molecule has 1 aliphatic carbocycles. The predicted octanol–water partition coefficient (Wildman–Crippen LogP) is 1.23. The Balaban J connectivity index is 0.00000392.